The number of rotatable bonds is 3. The molecule has 2 rings (SSSR count). The fourth-order valence-electron chi connectivity index (χ4n) is 2.17. The van der Waals surface area contributed by atoms with Crippen molar-refractivity contribution in [3.05, 3.63) is 29.8 Å². The highest BCUT2D eigenvalue weighted by Gasteiger charge is 2.27. The van der Waals surface area contributed by atoms with Gasteiger partial charge in [-0.15, -0.1) is 0 Å². The van der Waals surface area contributed by atoms with Gasteiger partial charge in [0.15, 0.2) is 0 Å². The summed E-state index contributed by atoms with van der Waals surface area (Å²) in [4.78, 5) is 0.581. The molecule has 0 aliphatic carbocycles. The number of thiocarbonyl (C=S) groups is 1. The molecule has 2 N–H and O–H groups in total. The van der Waals surface area contributed by atoms with Gasteiger partial charge in [0.1, 0.15) is 4.99 Å². The highest BCUT2D eigenvalue weighted by molar-refractivity contribution is 7.89. The number of nitrogens with two attached hydrogens (primary N) is 1. The second-order valence-corrected chi connectivity index (χ2v) is 7.35. The van der Waals surface area contributed by atoms with E-state index < -0.39 is 10.0 Å². The lowest BCUT2D eigenvalue weighted by molar-refractivity contribution is 0.288. The maximum atomic E-state index is 12.4. The van der Waals surface area contributed by atoms with Crippen LogP contribution in [-0.4, -0.2) is 30.8 Å². The number of benzene rings is 1. The third-order valence-corrected chi connectivity index (χ3v) is 5.67. The average Bonchev–Trinajstić information content (AvgIpc) is 2.39. The van der Waals surface area contributed by atoms with Crippen molar-refractivity contribution in [2.45, 2.75) is 24.7 Å². The third kappa shape index (κ3) is 3.13. The summed E-state index contributed by atoms with van der Waals surface area (Å²) in [5, 5.41) is 0. The summed E-state index contributed by atoms with van der Waals surface area (Å²) in [7, 11) is -3.38. The Morgan fingerprint density at radius 2 is 1.79 bits per heavy atom. The molecule has 1 heterocycles. The first-order chi connectivity index (χ1) is 8.91. The molecule has 1 aromatic carbocycles. The zero-order valence-electron chi connectivity index (χ0n) is 10.9. The molecule has 0 spiro atoms. The Bertz CT molecular complexity index is 559. The van der Waals surface area contributed by atoms with Gasteiger partial charge in [0.05, 0.1) is 4.90 Å². The molecule has 0 aromatic heterocycles. The lowest BCUT2D eigenvalue weighted by Crippen LogP contribution is -2.37. The lowest BCUT2D eigenvalue weighted by Gasteiger charge is -2.29. The van der Waals surface area contributed by atoms with E-state index in [4.69, 9.17) is 18.0 Å². The van der Waals surface area contributed by atoms with Crippen LogP contribution in [0.15, 0.2) is 29.2 Å². The van der Waals surface area contributed by atoms with E-state index in [1.807, 2.05) is 0 Å². The normalized spacial score (nSPS) is 18.4. The first-order valence-electron chi connectivity index (χ1n) is 6.31. The molecule has 4 nitrogen and oxygen atoms in total. The van der Waals surface area contributed by atoms with Gasteiger partial charge in [-0.1, -0.05) is 31.3 Å². The van der Waals surface area contributed by atoms with Gasteiger partial charge in [0, 0.05) is 18.7 Å². The van der Waals surface area contributed by atoms with Crippen LogP contribution in [0.25, 0.3) is 0 Å². The summed E-state index contributed by atoms with van der Waals surface area (Å²) in [5.74, 6) is 0.600. The SMILES string of the molecule is CC1CCN(S(=O)(=O)c2ccc(C(N)=S)cc2)CC1. The van der Waals surface area contributed by atoms with E-state index in [1.165, 1.54) is 0 Å². The summed E-state index contributed by atoms with van der Waals surface area (Å²) >= 11 is 4.85. The van der Waals surface area contributed by atoms with Crippen molar-refractivity contribution >= 4 is 27.2 Å². The van der Waals surface area contributed by atoms with Crippen LogP contribution in [0.3, 0.4) is 0 Å². The highest BCUT2D eigenvalue weighted by atomic mass is 32.2. The second kappa shape index (κ2) is 5.56. The van der Waals surface area contributed by atoms with E-state index >= 15 is 0 Å². The van der Waals surface area contributed by atoms with Crippen LogP contribution in [-0.2, 0) is 10.0 Å². The Morgan fingerprint density at radius 3 is 2.26 bits per heavy atom. The van der Waals surface area contributed by atoms with E-state index in [0.29, 0.717) is 29.5 Å². The van der Waals surface area contributed by atoms with Gasteiger partial charge in [0.25, 0.3) is 0 Å². The molecule has 1 aliphatic heterocycles. The number of hydrogen-bond donors (Lipinski definition) is 1. The summed E-state index contributed by atoms with van der Waals surface area (Å²) in [5.41, 5.74) is 6.18. The molecule has 0 atom stereocenters. The van der Waals surface area contributed by atoms with Gasteiger partial charge in [-0.2, -0.15) is 4.31 Å². The predicted octanol–water partition coefficient (Wildman–Crippen LogP) is 1.74. The van der Waals surface area contributed by atoms with E-state index in [0.717, 1.165) is 12.8 Å². The van der Waals surface area contributed by atoms with E-state index in [-0.39, 0.29) is 4.99 Å². The average molecular weight is 298 g/mol. The lowest BCUT2D eigenvalue weighted by atomic mass is 10.0. The zero-order valence-corrected chi connectivity index (χ0v) is 12.5. The van der Waals surface area contributed by atoms with Crippen molar-refractivity contribution < 1.29 is 8.42 Å². The Morgan fingerprint density at radius 1 is 1.26 bits per heavy atom. The number of hydrogen-bond acceptors (Lipinski definition) is 3. The summed E-state index contributed by atoms with van der Waals surface area (Å²) in [6.07, 6.45) is 1.84. The van der Waals surface area contributed by atoms with Crippen LogP contribution in [0, 0.1) is 5.92 Å². The first kappa shape index (κ1) is 14.4. The van der Waals surface area contributed by atoms with Crippen LogP contribution in [0.2, 0.25) is 0 Å². The van der Waals surface area contributed by atoms with Gasteiger partial charge in [-0.3, -0.25) is 0 Å². The van der Waals surface area contributed by atoms with Gasteiger partial charge < -0.3 is 5.73 Å². The Balaban J connectivity index is 2.22. The minimum atomic E-state index is -3.38. The minimum absolute atomic E-state index is 0.274. The first-order valence-corrected chi connectivity index (χ1v) is 8.16. The van der Waals surface area contributed by atoms with Crippen LogP contribution < -0.4 is 5.73 Å². The fourth-order valence-corrected chi connectivity index (χ4v) is 3.77. The molecule has 19 heavy (non-hydrogen) atoms. The molecule has 6 heteroatoms. The van der Waals surface area contributed by atoms with Crippen molar-refractivity contribution in [1.29, 1.82) is 0 Å². The predicted molar refractivity (Wildman–Crippen MR) is 79.5 cm³/mol. The molecule has 0 bridgehead atoms. The van der Waals surface area contributed by atoms with Crippen LogP contribution in [0.5, 0.6) is 0 Å². The highest BCUT2D eigenvalue weighted by Crippen LogP contribution is 2.23. The van der Waals surface area contributed by atoms with Gasteiger partial charge in [-0.25, -0.2) is 8.42 Å². The van der Waals surface area contributed by atoms with E-state index in [9.17, 15) is 8.42 Å². The van der Waals surface area contributed by atoms with Crippen LogP contribution >= 0.6 is 12.2 Å². The smallest absolute Gasteiger partial charge is 0.243 e. The second-order valence-electron chi connectivity index (χ2n) is 4.98. The molecule has 1 fully saturated rings. The third-order valence-electron chi connectivity index (χ3n) is 3.52. The fraction of sp³-hybridized carbons (Fsp3) is 0.462. The zero-order chi connectivity index (χ0) is 14.0. The van der Waals surface area contributed by atoms with Gasteiger partial charge in [-0.05, 0) is 30.9 Å². The Labute approximate surface area is 119 Å². The summed E-state index contributed by atoms with van der Waals surface area (Å²) in [6.45, 7) is 3.35. The van der Waals surface area contributed by atoms with E-state index in [1.54, 1.807) is 28.6 Å². The van der Waals surface area contributed by atoms with Crippen molar-refractivity contribution in [2.75, 3.05) is 13.1 Å². The molecular formula is C13H18N2O2S2. The molecule has 0 unspecified atom stereocenters. The van der Waals surface area contributed by atoms with Crippen LogP contribution in [0.4, 0.5) is 0 Å². The molecule has 1 aromatic rings. The molecule has 0 saturated carbocycles. The topological polar surface area (TPSA) is 63.4 Å². The largest absolute Gasteiger partial charge is 0.389 e. The molecule has 1 saturated heterocycles. The molecular weight excluding hydrogens is 280 g/mol. The molecule has 0 amide bonds. The van der Waals surface area contributed by atoms with Crippen molar-refractivity contribution in [3.8, 4) is 0 Å². The van der Waals surface area contributed by atoms with Crippen molar-refractivity contribution in [1.82, 2.24) is 4.31 Å². The number of piperidine rings is 1. The maximum absolute atomic E-state index is 12.4. The molecule has 1 aliphatic rings. The number of sulfonamides is 1. The quantitative estimate of drug-likeness (QED) is 0.863. The van der Waals surface area contributed by atoms with Gasteiger partial charge >= 0.3 is 0 Å². The number of nitrogens with zero attached hydrogens (tertiary/aromatic N) is 1. The summed E-state index contributed by atoms with van der Waals surface area (Å²) in [6, 6.07) is 6.45. The maximum Gasteiger partial charge on any atom is 0.243 e. The minimum Gasteiger partial charge on any atom is -0.389 e. The Kier molecular flexibility index (Phi) is 4.23. The molecule has 0 radical (unpaired) electrons. The molecule has 104 valence electrons. The monoisotopic (exact) mass is 298 g/mol. The van der Waals surface area contributed by atoms with Gasteiger partial charge in [0.2, 0.25) is 10.0 Å². The summed E-state index contributed by atoms with van der Waals surface area (Å²) < 4.78 is 26.4. The van der Waals surface area contributed by atoms with E-state index in [2.05, 4.69) is 6.92 Å². The Hall–Kier alpha value is -0.980. The van der Waals surface area contributed by atoms with Crippen molar-refractivity contribution in [3.63, 3.8) is 0 Å². The van der Waals surface area contributed by atoms with Crippen molar-refractivity contribution in [2.24, 2.45) is 11.7 Å². The van der Waals surface area contributed by atoms with Crippen LogP contribution in [0.1, 0.15) is 25.3 Å². The standard InChI is InChI=1S/C13H18N2O2S2/c1-10-6-8-15(9-7-10)19(16,17)12-4-2-11(3-5-12)13(14)18/h2-5,10H,6-9H2,1H3,(H2,14,18).